The molecule has 0 amide bonds. The zero-order valence-corrected chi connectivity index (χ0v) is 16.3. The first-order valence-corrected chi connectivity index (χ1v) is 9.09. The SMILES string of the molecule is COCCOc1ccc(C(C#N)C(C)C)cc1CO.OCCCBr. The van der Waals surface area contributed by atoms with Crippen molar-refractivity contribution in [2.75, 3.05) is 32.3 Å². The second-order valence-electron chi connectivity index (χ2n) is 5.48. The smallest absolute Gasteiger partial charge is 0.124 e. The van der Waals surface area contributed by atoms with Gasteiger partial charge in [0.15, 0.2) is 0 Å². The highest BCUT2D eigenvalue weighted by Gasteiger charge is 2.16. The first-order valence-electron chi connectivity index (χ1n) is 7.97. The van der Waals surface area contributed by atoms with Gasteiger partial charge in [-0.15, -0.1) is 0 Å². The molecule has 2 N–H and O–H groups in total. The molecule has 1 unspecified atom stereocenters. The Balaban J connectivity index is 0.000000922. The molecule has 0 aliphatic rings. The van der Waals surface area contributed by atoms with Crippen molar-refractivity contribution in [2.45, 2.75) is 32.8 Å². The molecule has 5 nitrogen and oxygen atoms in total. The molecular weight excluding hydrogens is 374 g/mol. The number of nitrogens with zero attached hydrogens (tertiary/aromatic N) is 1. The summed E-state index contributed by atoms with van der Waals surface area (Å²) in [5.74, 6) is 0.707. The summed E-state index contributed by atoms with van der Waals surface area (Å²) in [6, 6.07) is 7.83. The van der Waals surface area contributed by atoms with Crippen LogP contribution < -0.4 is 4.74 Å². The average Bonchev–Trinajstić information content (AvgIpc) is 2.57. The number of benzene rings is 1. The molecule has 136 valence electrons. The third-order valence-electron chi connectivity index (χ3n) is 3.26. The Kier molecular flexibility index (Phi) is 13.6. The number of nitriles is 1. The number of methoxy groups -OCH3 is 1. The monoisotopic (exact) mass is 401 g/mol. The van der Waals surface area contributed by atoms with Crippen molar-refractivity contribution in [3.05, 3.63) is 29.3 Å². The van der Waals surface area contributed by atoms with E-state index in [1.54, 1.807) is 7.11 Å². The van der Waals surface area contributed by atoms with E-state index in [4.69, 9.17) is 14.6 Å². The largest absolute Gasteiger partial charge is 0.491 e. The molecule has 0 aliphatic carbocycles. The normalized spacial score (nSPS) is 11.4. The van der Waals surface area contributed by atoms with Crippen LogP contribution in [-0.4, -0.2) is 42.5 Å². The molecule has 6 heteroatoms. The molecule has 0 heterocycles. The van der Waals surface area contributed by atoms with Gasteiger partial charge in [-0.3, -0.25) is 0 Å². The number of hydrogen-bond donors (Lipinski definition) is 2. The number of rotatable bonds is 9. The summed E-state index contributed by atoms with van der Waals surface area (Å²) < 4.78 is 10.4. The fraction of sp³-hybridized carbons (Fsp3) is 0.611. The fourth-order valence-corrected chi connectivity index (χ4v) is 2.21. The van der Waals surface area contributed by atoms with E-state index in [1.165, 1.54) is 0 Å². The molecule has 0 fully saturated rings. The summed E-state index contributed by atoms with van der Waals surface area (Å²) in [6.07, 6.45) is 0.861. The lowest BCUT2D eigenvalue weighted by Gasteiger charge is -2.16. The molecule has 1 rings (SSSR count). The van der Waals surface area contributed by atoms with Crippen LogP contribution in [0, 0.1) is 17.2 Å². The van der Waals surface area contributed by atoms with E-state index in [-0.39, 0.29) is 18.4 Å². The summed E-state index contributed by atoms with van der Waals surface area (Å²) in [6.45, 7) is 5.15. The van der Waals surface area contributed by atoms with E-state index in [9.17, 15) is 10.4 Å². The van der Waals surface area contributed by atoms with Crippen molar-refractivity contribution in [3.8, 4) is 11.8 Å². The number of halogens is 1. The van der Waals surface area contributed by atoms with Crippen LogP contribution in [0.15, 0.2) is 18.2 Å². The molecular formula is C18H28BrNO4. The van der Waals surface area contributed by atoms with Gasteiger partial charge in [-0.2, -0.15) is 5.26 Å². The Labute approximate surface area is 153 Å². The van der Waals surface area contributed by atoms with Crippen LogP contribution in [0.3, 0.4) is 0 Å². The fourth-order valence-electron chi connectivity index (χ4n) is 1.96. The third-order valence-corrected chi connectivity index (χ3v) is 3.82. The second kappa shape index (κ2) is 14.2. The first kappa shape index (κ1) is 22.9. The molecule has 0 aromatic heterocycles. The number of aliphatic hydroxyl groups excluding tert-OH is 2. The number of hydrogen-bond acceptors (Lipinski definition) is 5. The predicted octanol–water partition coefficient (Wildman–Crippen LogP) is 3.23. The van der Waals surface area contributed by atoms with Crippen molar-refractivity contribution in [1.29, 1.82) is 5.26 Å². The Morgan fingerprint density at radius 2 is 1.96 bits per heavy atom. The topological polar surface area (TPSA) is 82.7 Å². The minimum atomic E-state index is -0.168. The van der Waals surface area contributed by atoms with Gasteiger partial charge in [-0.05, 0) is 30.0 Å². The third kappa shape index (κ3) is 8.65. The maximum Gasteiger partial charge on any atom is 0.124 e. The number of alkyl halides is 1. The quantitative estimate of drug-likeness (QED) is 0.490. The van der Waals surface area contributed by atoms with Gasteiger partial charge in [0.1, 0.15) is 12.4 Å². The van der Waals surface area contributed by atoms with Crippen molar-refractivity contribution >= 4 is 15.9 Å². The van der Waals surface area contributed by atoms with Gasteiger partial charge in [0, 0.05) is 24.6 Å². The minimum Gasteiger partial charge on any atom is -0.491 e. The predicted molar refractivity (Wildman–Crippen MR) is 98.4 cm³/mol. The maximum atomic E-state index is 9.40. The molecule has 0 spiro atoms. The van der Waals surface area contributed by atoms with E-state index in [1.807, 2.05) is 32.0 Å². The van der Waals surface area contributed by atoms with Gasteiger partial charge in [0.2, 0.25) is 0 Å². The Bertz CT molecular complexity index is 486. The highest BCUT2D eigenvalue weighted by Crippen LogP contribution is 2.28. The van der Waals surface area contributed by atoms with Gasteiger partial charge in [0.25, 0.3) is 0 Å². The van der Waals surface area contributed by atoms with E-state index in [0.717, 1.165) is 17.3 Å². The molecule has 0 radical (unpaired) electrons. The van der Waals surface area contributed by atoms with Crippen LogP contribution in [0.2, 0.25) is 0 Å². The van der Waals surface area contributed by atoms with Crippen LogP contribution in [-0.2, 0) is 11.3 Å². The van der Waals surface area contributed by atoms with Crippen molar-refractivity contribution < 1.29 is 19.7 Å². The van der Waals surface area contributed by atoms with Crippen LogP contribution in [0.1, 0.15) is 37.3 Å². The summed E-state index contributed by atoms with van der Waals surface area (Å²) in [5.41, 5.74) is 1.62. The Morgan fingerprint density at radius 1 is 1.25 bits per heavy atom. The van der Waals surface area contributed by atoms with Gasteiger partial charge in [-0.1, -0.05) is 35.8 Å². The van der Waals surface area contributed by atoms with Crippen LogP contribution in [0.5, 0.6) is 5.75 Å². The van der Waals surface area contributed by atoms with Gasteiger partial charge in [0.05, 0.1) is 25.2 Å². The lowest BCUT2D eigenvalue weighted by atomic mass is 9.89. The van der Waals surface area contributed by atoms with E-state index in [0.29, 0.717) is 31.1 Å². The summed E-state index contributed by atoms with van der Waals surface area (Å²) >= 11 is 3.15. The van der Waals surface area contributed by atoms with E-state index in [2.05, 4.69) is 22.0 Å². The molecule has 0 saturated heterocycles. The Morgan fingerprint density at radius 3 is 2.38 bits per heavy atom. The van der Waals surface area contributed by atoms with Gasteiger partial charge in [-0.25, -0.2) is 0 Å². The summed E-state index contributed by atoms with van der Waals surface area (Å²) in [7, 11) is 1.61. The zero-order valence-electron chi connectivity index (χ0n) is 14.7. The molecule has 1 aromatic carbocycles. The molecule has 1 atom stereocenters. The van der Waals surface area contributed by atoms with E-state index < -0.39 is 0 Å². The Hall–Kier alpha value is -1.13. The molecule has 0 aliphatic heterocycles. The van der Waals surface area contributed by atoms with Crippen molar-refractivity contribution in [1.82, 2.24) is 0 Å². The average molecular weight is 402 g/mol. The molecule has 0 bridgehead atoms. The standard InChI is InChI=1S/C15H21NO3.C3H7BrO/c1-11(2)14(9-16)12-4-5-15(13(8-12)10-17)19-7-6-18-3;4-2-1-3-5/h4-5,8,11,14,17H,6-7,10H2,1-3H3;5H,1-3H2. The lowest BCUT2D eigenvalue weighted by Crippen LogP contribution is -2.08. The number of ether oxygens (including phenoxy) is 2. The summed E-state index contributed by atoms with van der Waals surface area (Å²) in [5, 5.41) is 27.5. The minimum absolute atomic E-state index is 0.105. The van der Waals surface area contributed by atoms with Crippen molar-refractivity contribution in [2.24, 2.45) is 5.92 Å². The van der Waals surface area contributed by atoms with Crippen LogP contribution in [0.25, 0.3) is 0 Å². The van der Waals surface area contributed by atoms with Crippen LogP contribution in [0.4, 0.5) is 0 Å². The lowest BCUT2D eigenvalue weighted by molar-refractivity contribution is 0.144. The van der Waals surface area contributed by atoms with Crippen LogP contribution >= 0.6 is 15.9 Å². The second-order valence-corrected chi connectivity index (χ2v) is 6.28. The van der Waals surface area contributed by atoms with E-state index >= 15 is 0 Å². The summed E-state index contributed by atoms with van der Waals surface area (Å²) in [4.78, 5) is 0. The van der Waals surface area contributed by atoms with Gasteiger partial charge < -0.3 is 19.7 Å². The highest BCUT2D eigenvalue weighted by molar-refractivity contribution is 9.09. The van der Waals surface area contributed by atoms with Gasteiger partial charge >= 0.3 is 0 Å². The first-order chi connectivity index (χ1) is 11.5. The maximum absolute atomic E-state index is 9.40. The number of aliphatic hydroxyl groups is 2. The molecule has 0 saturated carbocycles. The highest BCUT2D eigenvalue weighted by atomic mass is 79.9. The molecule has 1 aromatic rings. The van der Waals surface area contributed by atoms with Crippen molar-refractivity contribution in [3.63, 3.8) is 0 Å². The zero-order chi connectivity index (χ0) is 18.4. The molecule has 24 heavy (non-hydrogen) atoms.